The molecule has 0 saturated heterocycles. The summed E-state index contributed by atoms with van der Waals surface area (Å²) in [5, 5.41) is 1.52. The van der Waals surface area contributed by atoms with Crippen molar-refractivity contribution in [1.29, 1.82) is 0 Å². The van der Waals surface area contributed by atoms with Crippen LogP contribution < -0.4 is 4.57 Å². The molecule has 5 aromatic rings. The van der Waals surface area contributed by atoms with Crippen LogP contribution >= 0.6 is 0 Å². The summed E-state index contributed by atoms with van der Waals surface area (Å²) in [4.78, 5) is 3.85. The maximum atomic E-state index is 9.32. The van der Waals surface area contributed by atoms with Crippen LogP contribution in [0, 0.1) is 33.2 Å². The summed E-state index contributed by atoms with van der Waals surface area (Å²) in [7, 11) is 1.70. The van der Waals surface area contributed by atoms with Crippen LogP contribution in [-0.4, -0.2) is 0 Å². The Morgan fingerprint density at radius 3 is 2.46 bits per heavy atom. The minimum atomic E-state index is -2.62. The van der Waals surface area contributed by atoms with Gasteiger partial charge in [0.15, 0.2) is 5.69 Å². The normalized spacial score (nSPS) is 14.8. The van der Waals surface area contributed by atoms with E-state index < -0.39 is 19.1 Å². The van der Waals surface area contributed by atoms with Crippen molar-refractivity contribution in [3.63, 3.8) is 0 Å². The van der Waals surface area contributed by atoms with Crippen molar-refractivity contribution in [3.8, 4) is 22.4 Å². The fourth-order valence-electron chi connectivity index (χ4n) is 4.65. The SMILES string of the molecule is [2H]c1c(C([2H])([2H])C(C)C)c(C([2H])([2H])[2H])c(C)[n+](C)c1-c1c(C)ccc2c1oc1c([N+]#[C-])c(-c3ccccc3)ccc12. The summed E-state index contributed by atoms with van der Waals surface area (Å²) in [6.45, 7) is 12.3. The molecule has 0 aliphatic carbocycles. The van der Waals surface area contributed by atoms with Crippen molar-refractivity contribution in [1.82, 2.24) is 0 Å². The van der Waals surface area contributed by atoms with Gasteiger partial charge in [-0.3, -0.25) is 0 Å². The van der Waals surface area contributed by atoms with Crippen molar-refractivity contribution in [2.75, 3.05) is 0 Å². The van der Waals surface area contributed by atoms with Gasteiger partial charge < -0.3 is 4.42 Å². The first kappa shape index (κ1) is 16.7. The Morgan fingerprint density at radius 1 is 1.06 bits per heavy atom. The van der Waals surface area contributed by atoms with Gasteiger partial charge in [-0.25, -0.2) is 4.85 Å². The largest absolute Gasteiger partial charge is 0.466 e. The lowest BCUT2D eigenvalue weighted by Crippen LogP contribution is -2.36. The Kier molecular flexibility index (Phi) is 4.15. The molecule has 174 valence electrons. The van der Waals surface area contributed by atoms with Crippen molar-refractivity contribution >= 4 is 27.6 Å². The zero-order valence-corrected chi connectivity index (χ0v) is 20.6. The maximum Gasteiger partial charge on any atom is 0.237 e. The molecule has 0 atom stereocenters. The molecule has 0 bridgehead atoms. The lowest BCUT2D eigenvalue weighted by molar-refractivity contribution is -0.667. The molecular weight excluding hydrogens is 428 g/mol. The van der Waals surface area contributed by atoms with Gasteiger partial charge in [0.05, 0.1) is 13.5 Å². The summed E-state index contributed by atoms with van der Waals surface area (Å²) in [6.07, 6.45) is -2.08. The molecule has 0 radical (unpaired) electrons. The van der Waals surface area contributed by atoms with Gasteiger partial charge in [-0.05, 0) is 48.3 Å². The van der Waals surface area contributed by atoms with Gasteiger partial charge in [-0.15, -0.1) is 0 Å². The maximum absolute atomic E-state index is 9.32. The number of rotatable bonds is 4. The van der Waals surface area contributed by atoms with Gasteiger partial charge in [0.25, 0.3) is 0 Å². The number of benzene rings is 3. The van der Waals surface area contributed by atoms with Crippen LogP contribution in [-0.2, 0) is 13.4 Å². The zero-order valence-electron chi connectivity index (χ0n) is 26.6. The second-order valence-corrected chi connectivity index (χ2v) is 9.22. The second kappa shape index (κ2) is 8.71. The molecule has 0 amide bonds. The fraction of sp³-hybridized carbons (Fsp3) is 0.250. The third-order valence-electron chi connectivity index (χ3n) is 6.55. The molecule has 0 fully saturated rings. The third-order valence-corrected chi connectivity index (χ3v) is 6.55. The van der Waals surface area contributed by atoms with E-state index in [9.17, 15) is 1.37 Å². The highest BCUT2D eigenvalue weighted by Gasteiger charge is 2.25. The minimum absolute atomic E-state index is 0.126. The Labute approximate surface area is 215 Å². The number of nitrogens with zero attached hydrogens (tertiary/aromatic N) is 2. The monoisotopic (exact) mass is 465 g/mol. The lowest BCUT2D eigenvalue weighted by Gasteiger charge is -2.14. The summed E-state index contributed by atoms with van der Waals surface area (Å²) in [5.41, 5.74) is 4.76. The molecule has 0 saturated carbocycles. The van der Waals surface area contributed by atoms with Crippen LogP contribution in [0.3, 0.4) is 0 Å². The molecule has 0 aliphatic heterocycles. The topological polar surface area (TPSA) is 21.4 Å². The number of hydrogen-bond donors (Lipinski definition) is 0. The van der Waals surface area contributed by atoms with Gasteiger partial charge >= 0.3 is 0 Å². The molecular formula is C32H31N2O+. The van der Waals surface area contributed by atoms with Gasteiger partial charge in [0.2, 0.25) is 11.4 Å². The molecule has 3 aromatic carbocycles. The molecule has 2 aromatic heterocycles. The Hall–Kier alpha value is -3.90. The van der Waals surface area contributed by atoms with E-state index >= 15 is 0 Å². The van der Waals surface area contributed by atoms with Crippen molar-refractivity contribution in [2.24, 2.45) is 13.0 Å². The van der Waals surface area contributed by atoms with Crippen LogP contribution in [0.2, 0.25) is 0 Å². The molecule has 35 heavy (non-hydrogen) atoms. The van der Waals surface area contributed by atoms with Gasteiger partial charge in [0.1, 0.15) is 18.2 Å². The van der Waals surface area contributed by atoms with E-state index in [1.54, 1.807) is 32.4 Å². The first-order valence-corrected chi connectivity index (χ1v) is 11.7. The number of hydrogen-bond acceptors (Lipinski definition) is 1. The highest BCUT2D eigenvalue weighted by atomic mass is 16.3. The smallest absolute Gasteiger partial charge is 0.237 e. The van der Waals surface area contributed by atoms with Crippen molar-refractivity contribution < 1.29 is 17.2 Å². The Balaban J connectivity index is 1.93. The number of fused-ring (bicyclic) bond motifs is 3. The summed E-state index contributed by atoms with van der Waals surface area (Å²) < 4.78 is 60.0. The average Bonchev–Trinajstić information content (AvgIpc) is 3.29. The first-order valence-electron chi connectivity index (χ1n) is 14.7. The van der Waals surface area contributed by atoms with E-state index in [1.807, 2.05) is 61.5 Å². The molecule has 3 heteroatoms. The molecule has 3 nitrogen and oxygen atoms in total. The predicted molar refractivity (Wildman–Crippen MR) is 145 cm³/mol. The zero-order chi connectivity index (χ0) is 30.0. The highest BCUT2D eigenvalue weighted by Crippen LogP contribution is 2.44. The summed E-state index contributed by atoms with van der Waals surface area (Å²) in [5.74, 6) is -0.576. The lowest BCUT2D eigenvalue weighted by atomic mass is 9.93. The minimum Gasteiger partial charge on any atom is -0.466 e. The average molecular weight is 466 g/mol. The fourth-order valence-corrected chi connectivity index (χ4v) is 4.65. The molecule has 0 spiro atoms. The number of pyridine rings is 1. The van der Waals surface area contributed by atoms with E-state index in [-0.39, 0.29) is 17.2 Å². The number of aromatic nitrogens is 1. The summed E-state index contributed by atoms with van der Waals surface area (Å²) in [6, 6.07) is 17.2. The van der Waals surface area contributed by atoms with Crippen molar-refractivity contribution in [2.45, 2.75) is 40.9 Å². The van der Waals surface area contributed by atoms with E-state index in [0.717, 1.165) is 27.5 Å². The highest BCUT2D eigenvalue weighted by molar-refractivity contribution is 6.14. The number of furan rings is 1. The van der Waals surface area contributed by atoms with E-state index in [2.05, 4.69) is 4.85 Å². The Bertz CT molecular complexity index is 1880. The molecule has 0 N–H and O–H groups in total. The number of aryl methyl sites for hydroxylation is 1. The Morgan fingerprint density at radius 2 is 1.77 bits per heavy atom. The van der Waals surface area contributed by atoms with Crippen LogP contribution in [0.1, 0.15) is 44.5 Å². The molecule has 5 rings (SSSR count). The van der Waals surface area contributed by atoms with E-state index in [0.29, 0.717) is 33.8 Å². The van der Waals surface area contributed by atoms with E-state index in [1.165, 1.54) is 0 Å². The molecule has 0 unspecified atom stereocenters. The van der Waals surface area contributed by atoms with Crippen LogP contribution in [0.25, 0.3) is 49.2 Å². The summed E-state index contributed by atoms with van der Waals surface area (Å²) >= 11 is 0. The van der Waals surface area contributed by atoms with Gasteiger partial charge in [0, 0.05) is 36.2 Å². The van der Waals surface area contributed by atoms with Crippen LogP contribution in [0.15, 0.2) is 65.1 Å². The van der Waals surface area contributed by atoms with Crippen LogP contribution in [0.4, 0.5) is 5.69 Å². The predicted octanol–water partition coefficient (Wildman–Crippen LogP) is 8.42. The molecule has 2 heterocycles. The van der Waals surface area contributed by atoms with Crippen LogP contribution in [0.5, 0.6) is 0 Å². The first-order chi connectivity index (χ1) is 19.2. The van der Waals surface area contributed by atoms with Crippen molar-refractivity contribution in [3.05, 3.63) is 94.4 Å². The van der Waals surface area contributed by atoms with Gasteiger partial charge in [-0.2, -0.15) is 4.57 Å². The quantitative estimate of drug-likeness (QED) is 0.193. The molecule has 0 aliphatic rings. The van der Waals surface area contributed by atoms with Gasteiger partial charge in [-0.1, -0.05) is 68.4 Å². The standard InChI is InChI=1S/C32H31N2O/c1-19(2)17-24-18-28(34(7)22(5)21(24)4)29-20(3)13-14-26-27-16-15-25(23-11-9-8-10-12-23)30(33-6)32(27)35-31(26)29/h8-16,18-19H,17H2,1-5,7H3/q+1/i4D3,17D2,18D. The van der Waals surface area contributed by atoms with E-state index in [4.69, 9.17) is 17.8 Å². The second-order valence-electron chi connectivity index (χ2n) is 9.22. The third kappa shape index (κ3) is 3.70.